The van der Waals surface area contributed by atoms with E-state index >= 15 is 0 Å². The number of rotatable bonds is 4. The first-order valence-corrected chi connectivity index (χ1v) is 6.81. The number of halogens is 4. The molecule has 0 aliphatic carbocycles. The van der Waals surface area contributed by atoms with Gasteiger partial charge in [-0.2, -0.15) is 0 Å². The van der Waals surface area contributed by atoms with Crippen molar-refractivity contribution in [2.45, 2.75) is 6.61 Å². The zero-order valence-electron chi connectivity index (χ0n) is 10.4. The normalized spacial score (nSPS) is 10.5. The molecule has 2 aromatic carbocycles. The van der Waals surface area contributed by atoms with Crippen LogP contribution in [-0.4, -0.2) is 11.1 Å². The third-order valence-corrected chi connectivity index (χ3v) is 3.35. The number of ether oxygens (including phenoxy) is 1. The minimum absolute atomic E-state index is 0.0299. The summed E-state index contributed by atoms with van der Waals surface area (Å²) in [5, 5.41) is 9.66. The maximum atomic E-state index is 13.6. The molecule has 0 aromatic heterocycles. The molecule has 21 heavy (non-hydrogen) atoms. The fraction of sp³-hybridized carbons (Fsp3) is 0.0714. The molecular weight excluding hydrogens is 342 g/mol. The van der Waals surface area contributed by atoms with Crippen LogP contribution in [0.25, 0.3) is 0 Å². The predicted octanol–water partition coefficient (Wildman–Crippen LogP) is 5.06. The quantitative estimate of drug-likeness (QED) is 0.839. The van der Waals surface area contributed by atoms with Crippen LogP contribution in [0, 0.1) is 5.82 Å². The van der Waals surface area contributed by atoms with Crippen molar-refractivity contribution in [1.82, 2.24) is 0 Å². The number of carbonyl (C=O) groups is 1. The molecule has 0 heterocycles. The van der Waals surface area contributed by atoms with Crippen LogP contribution in [-0.2, 0) is 6.61 Å². The SMILES string of the molecule is O=C(O)c1cc(Cl)cc(Cl)c1OCc1cc(Cl)ccc1F. The highest BCUT2D eigenvalue weighted by atomic mass is 35.5. The molecule has 0 amide bonds. The monoisotopic (exact) mass is 348 g/mol. The Morgan fingerprint density at radius 1 is 1.14 bits per heavy atom. The zero-order valence-corrected chi connectivity index (χ0v) is 12.6. The van der Waals surface area contributed by atoms with Crippen LogP contribution < -0.4 is 4.74 Å². The number of benzene rings is 2. The van der Waals surface area contributed by atoms with Gasteiger partial charge in [0.1, 0.15) is 18.0 Å². The van der Waals surface area contributed by atoms with Gasteiger partial charge in [-0.3, -0.25) is 0 Å². The molecule has 110 valence electrons. The van der Waals surface area contributed by atoms with Crippen LogP contribution in [0.5, 0.6) is 5.75 Å². The molecule has 0 radical (unpaired) electrons. The first-order chi connectivity index (χ1) is 9.88. The summed E-state index contributed by atoms with van der Waals surface area (Å²) in [6.07, 6.45) is 0. The smallest absolute Gasteiger partial charge is 0.339 e. The Bertz CT molecular complexity index is 704. The lowest BCUT2D eigenvalue weighted by molar-refractivity contribution is 0.0691. The van der Waals surface area contributed by atoms with E-state index in [9.17, 15) is 9.18 Å². The third-order valence-electron chi connectivity index (χ3n) is 2.62. The number of carboxylic acids is 1. The van der Waals surface area contributed by atoms with Crippen molar-refractivity contribution in [3.05, 3.63) is 62.3 Å². The van der Waals surface area contributed by atoms with Gasteiger partial charge in [0, 0.05) is 15.6 Å². The van der Waals surface area contributed by atoms with Crippen LogP contribution in [0.15, 0.2) is 30.3 Å². The largest absolute Gasteiger partial charge is 0.486 e. The zero-order chi connectivity index (χ0) is 15.6. The Labute approximate surface area is 134 Å². The van der Waals surface area contributed by atoms with E-state index in [4.69, 9.17) is 44.6 Å². The van der Waals surface area contributed by atoms with Crippen LogP contribution in [0.1, 0.15) is 15.9 Å². The van der Waals surface area contributed by atoms with Crippen LogP contribution >= 0.6 is 34.8 Å². The minimum atomic E-state index is -1.25. The summed E-state index contributed by atoms with van der Waals surface area (Å²) >= 11 is 17.4. The highest BCUT2D eigenvalue weighted by molar-refractivity contribution is 6.36. The molecule has 0 saturated carbocycles. The van der Waals surface area contributed by atoms with Crippen molar-refractivity contribution in [3.8, 4) is 5.75 Å². The molecule has 0 aliphatic rings. The van der Waals surface area contributed by atoms with Crippen molar-refractivity contribution in [1.29, 1.82) is 0 Å². The van der Waals surface area contributed by atoms with Crippen molar-refractivity contribution < 1.29 is 19.0 Å². The molecular formula is C14H8Cl3FO3. The second kappa shape index (κ2) is 6.52. The lowest BCUT2D eigenvalue weighted by Crippen LogP contribution is -2.05. The molecule has 2 aromatic rings. The van der Waals surface area contributed by atoms with Gasteiger partial charge in [-0.1, -0.05) is 34.8 Å². The second-order valence-corrected chi connectivity index (χ2v) is 5.37. The minimum Gasteiger partial charge on any atom is -0.486 e. The fourth-order valence-corrected chi connectivity index (χ4v) is 2.41. The summed E-state index contributed by atoms with van der Waals surface area (Å²) in [4.78, 5) is 11.2. The summed E-state index contributed by atoms with van der Waals surface area (Å²) < 4.78 is 18.9. The Hall–Kier alpha value is -1.49. The van der Waals surface area contributed by atoms with Crippen LogP contribution in [0.4, 0.5) is 4.39 Å². The van der Waals surface area contributed by atoms with Crippen molar-refractivity contribution in [3.63, 3.8) is 0 Å². The van der Waals surface area contributed by atoms with E-state index in [0.29, 0.717) is 5.02 Å². The summed E-state index contributed by atoms with van der Waals surface area (Å²) in [7, 11) is 0. The van der Waals surface area contributed by atoms with Gasteiger partial charge in [0.25, 0.3) is 0 Å². The molecule has 7 heteroatoms. The van der Waals surface area contributed by atoms with Crippen molar-refractivity contribution >= 4 is 40.8 Å². The molecule has 0 aliphatic heterocycles. The first-order valence-electron chi connectivity index (χ1n) is 5.67. The molecule has 0 bridgehead atoms. The molecule has 0 unspecified atom stereocenters. The van der Waals surface area contributed by atoms with Gasteiger partial charge in [0.05, 0.1) is 5.02 Å². The molecule has 0 atom stereocenters. The third kappa shape index (κ3) is 3.79. The fourth-order valence-electron chi connectivity index (χ4n) is 1.67. The van der Waals surface area contributed by atoms with Gasteiger partial charge >= 0.3 is 5.97 Å². The van der Waals surface area contributed by atoms with E-state index in [2.05, 4.69) is 0 Å². The average Bonchev–Trinajstić information content (AvgIpc) is 2.40. The Morgan fingerprint density at radius 3 is 2.52 bits per heavy atom. The van der Waals surface area contributed by atoms with E-state index in [0.717, 1.165) is 0 Å². The molecule has 2 rings (SSSR count). The summed E-state index contributed by atoms with van der Waals surface area (Å²) in [5.41, 5.74) is -0.0141. The maximum absolute atomic E-state index is 13.6. The molecule has 0 spiro atoms. The first kappa shape index (κ1) is 15.9. The van der Waals surface area contributed by atoms with Crippen molar-refractivity contribution in [2.24, 2.45) is 0 Å². The molecule has 3 nitrogen and oxygen atoms in total. The average molecular weight is 350 g/mol. The summed E-state index contributed by atoms with van der Waals surface area (Å²) in [6.45, 7) is -0.214. The predicted molar refractivity (Wildman–Crippen MR) is 79.2 cm³/mol. The van der Waals surface area contributed by atoms with E-state index < -0.39 is 11.8 Å². The standard InChI is InChI=1S/C14H8Cl3FO3/c15-8-1-2-12(18)7(3-8)6-21-13-10(14(19)20)4-9(16)5-11(13)17/h1-5H,6H2,(H,19,20). The van der Waals surface area contributed by atoms with Crippen LogP contribution in [0.3, 0.4) is 0 Å². The summed E-state index contributed by atoms with van der Waals surface area (Å²) in [5.74, 6) is -1.84. The van der Waals surface area contributed by atoms with Gasteiger partial charge in [-0.15, -0.1) is 0 Å². The number of carboxylic acid groups (broad SMARTS) is 1. The summed E-state index contributed by atoms with van der Waals surface area (Å²) in [6, 6.07) is 6.54. The molecule has 0 saturated heterocycles. The van der Waals surface area contributed by atoms with E-state index in [-0.39, 0.29) is 33.5 Å². The number of aromatic carboxylic acids is 1. The Balaban J connectivity index is 2.32. The Morgan fingerprint density at radius 2 is 1.86 bits per heavy atom. The maximum Gasteiger partial charge on any atom is 0.339 e. The van der Waals surface area contributed by atoms with E-state index in [1.807, 2.05) is 0 Å². The lowest BCUT2D eigenvalue weighted by Gasteiger charge is -2.12. The van der Waals surface area contributed by atoms with Gasteiger partial charge in [-0.25, -0.2) is 9.18 Å². The highest BCUT2D eigenvalue weighted by Gasteiger charge is 2.17. The van der Waals surface area contributed by atoms with Gasteiger partial charge < -0.3 is 9.84 Å². The topological polar surface area (TPSA) is 46.5 Å². The van der Waals surface area contributed by atoms with Gasteiger partial charge in [0.2, 0.25) is 0 Å². The van der Waals surface area contributed by atoms with E-state index in [1.165, 1.54) is 30.3 Å². The Kier molecular flexibility index (Phi) is 4.93. The number of hydrogen-bond acceptors (Lipinski definition) is 2. The molecule has 0 fully saturated rings. The highest BCUT2D eigenvalue weighted by Crippen LogP contribution is 2.33. The van der Waals surface area contributed by atoms with E-state index in [1.54, 1.807) is 0 Å². The lowest BCUT2D eigenvalue weighted by atomic mass is 10.2. The van der Waals surface area contributed by atoms with Gasteiger partial charge in [-0.05, 0) is 30.3 Å². The van der Waals surface area contributed by atoms with Gasteiger partial charge in [0.15, 0.2) is 5.75 Å². The van der Waals surface area contributed by atoms with Crippen molar-refractivity contribution in [2.75, 3.05) is 0 Å². The molecule has 1 N–H and O–H groups in total. The van der Waals surface area contributed by atoms with Crippen LogP contribution in [0.2, 0.25) is 15.1 Å². The number of hydrogen-bond donors (Lipinski definition) is 1. The second-order valence-electron chi connectivity index (χ2n) is 4.09.